The van der Waals surface area contributed by atoms with E-state index in [-0.39, 0.29) is 17.6 Å². The highest BCUT2D eigenvalue weighted by molar-refractivity contribution is 5.76. The third kappa shape index (κ3) is 3.38. The fourth-order valence-corrected chi connectivity index (χ4v) is 2.45. The summed E-state index contributed by atoms with van der Waals surface area (Å²) in [5.41, 5.74) is 6.41. The minimum atomic E-state index is -0.189. The van der Waals surface area contributed by atoms with Crippen molar-refractivity contribution in [3.05, 3.63) is 23.8 Å². The molecule has 5 nitrogen and oxygen atoms in total. The SMILES string of the molecule is COc1cc(CN2CCC(C(N)=O)CC2)ccc1O. The number of primary amides is 1. The van der Waals surface area contributed by atoms with Crippen LogP contribution in [0.15, 0.2) is 18.2 Å². The molecule has 1 aliphatic rings. The number of ether oxygens (including phenoxy) is 1. The second-order valence-corrected chi connectivity index (χ2v) is 4.96. The van der Waals surface area contributed by atoms with Crippen LogP contribution in [0.1, 0.15) is 18.4 Å². The molecule has 1 saturated heterocycles. The van der Waals surface area contributed by atoms with Gasteiger partial charge in [0.15, 0.2) is 11.5 Å². The lowest BCUT2D eigenvalue weighted by Gasteiger charge is -2.30. The van der Waals surface area contributed by atoms with Gasteiger partial charge in [0.05, 0.1) is 7.11 Å². The van der Waals surface area contributed by atoms with Crippen LogP contribution in [0.3, 0.4) is 0 Å². The minimum absolute atomic E-state index is 0.0191. The lowest BCUT2D eigenvalue weighted by Crippen LogP contribution is -2.38. The van der Waals surface area contributed by atoms with Gasteiger partial charge >= 0.3 is 0 Å². The van der Waals surface area contributed by atoms with E-state index >= 15 is 0 Å². The van der Waals surface area contributed by atoms with E-state index < -0.39 is 0 Å². The number of phenolic OH excluding ortho intramolecular Hbond substituents is 1. The third-order valence-electron chi connectivity index (χ3n) is 3.64. The van der Waals surface area contributed by atoms with Gasteiger partial charge in [0.2, 0.25) is 5.91 Å². The van der Waals surface area contributed by atoms with E-state index in [0.29, 0.717) is 5.75 Å². The Morgan fingerprint density at radius 2 is 2.16 bits per heavy atom. The molecule has 104 valence electrons. The highest BCUT2D eigenvalue weighted by Crippen LogP contribution is 2.27. The van der Waals surface area contributed by atoms with E-state index in [4.69, 9.17) is 10.5 Å². The Morgan fingerprint density at radius 3 is 2.74 bits per heavy atom. The first kappa shape index (κ1) is 13.7. The lowest BCUT2D eigenvalue weighted by molar-refractivity contribution is -0.123. The summed E-state index contributed by atoms with van der Waals surface area (Å²) in [6.07, 6.45) is 1.65. The monoisotopic (exact) mass is 264 g/mol. The zero-order valence-electron chi connectivity index (χ0n) is 11.1. The summed E-state index contributed by atoms with van der Waals surface area (Å²) in [4.78, 5) is 13.4. The number of hydrogen-bond donors (Lipinski definition) is 2. The van der Waals surface area contributed by atoms with Gasteiger partial charge in [-0.3, -0.25) is 9.69 Å². The number of nitrogens with zero attached hydrogens (tertiary/aromatic N) is 1. The summed E-state index contributed by atoms with van der Waals surface area (Å²) in [7, 11) is 1.54. The van der Waals surface area contributed by atoms with Crippen molar-refractivity contribution in [1.82, 2.24) is 4.90 Å². The van der Waals surface area contributed by atoms with E-state index in [1.165, 1.54) is 7.11 Å². The maximum atomic E-state index is 11.1. The van der Waals surface area contributed by atoms with E-state index in [1.54, 1.807) is 6.07 Å². The zero-order valence-corrected chi connectivity index (χ0v) is 11.1. The van der Waals surface area contributed by atoms with Gasteiger partial charge < -0.3 is 15.6 Å². The van der Waals surface area contributed by atoms with Crippen molar-refractivity contribution >= 4 is 5.91 Å². The van der Waals surface area contributed by atoms with Crippen LogP contribution in [0.25, 0.3) is 0 Å². The van der Waals surface area contributed by atoms with Gasteiger partial charge in [-0.15, -0.1) is 0 Å². The topological polar surface area (TPSA) is 75.8 Å². The fraction of sp³-hybridized carbons (Fsp3) is 0.500. The molecule has 0 aliphatic carbocycles. The van der Waals surface area contributed by atoms with Gasteiger partial charge in [0, 0.05) is 12.5 Å². The van der Waals surface area contributed by atoms with E-state index in [1.807, 2.05) is 12.1 Å². The Bertz CT molecular complexity index is 454. The molecule has 0 bridgehead atoms. The van der Waals surface area contributed by atoms with Crippen LogP contribution >= 0.6 is 0 Å². The molecule has 0 unspecified atom stereocenters. The number of carbonyl (C=O) groups excluding carboxylic acids is 1. The molecule has 0 aromatic heterocycles. The maximum absolute atomic E-state index is 11.1. The summed E-state index contributed by atoms with van der Waals surface area (Å²) in [5.74, 6) is 0.472. The Balaban J connectivity index is 1.94. The highest BCUT2D eigenvalue weighted by atomic mass is 16.5. The first-order chi connectivity index (χ1) is 9.10. The molecule has 0 saturated carbocycles. The largest absolute Gasteiger partial charge is 0.504 e. The molecule has 0 radical (unpaired) electrons. The minimum Gasteiger partial charge on any atom is -0.504 e. The maximum Gasteiger partial charge on any atom is 0.220 e. The van der Waals surface area contributed by atoms with Crippen LogP contribution in [0, 0.1) is 5.92 Å². The summed E-state index contributed by atoms with van der Waals surface area (Å²) >= 11 is 0. The van der Waals surface area contributed by atoms with Crippen LogP contribution < -0.4 is 10.5 Å². The number of phenols is 1. The van der Waals surface area contributed by atoms with Crippen LogP contribution in [0.2, 0.25) is 0 Å². The van der Waals surface area contributed by atoms with Gasteiger partial charge in [-0.2, -0.15) is 0 Å². The Morgan fingerprint density at radius 1 is 1.47 bits per heavy atom. The molecule has 0 spiro atoms. The molecule has 1 amide bonds. The predicted octanol–water partition coefficient (Wildman–Crippen LogP) is 1.10. The lowest BCUT2D eigenvalue weighted by atomic mass is 9.96. The molecule has 3 N–H and O–H groups in total. The molecular formula is C14H20N2O3. The first-order valence-electron chi connectivity index (χ1n) is 6.47. The first-order valence-corrected chi connectivity index (χ1v) is 6.47. The number of carbonyl (C=O) groups is 1. The third-order valence-corrected chi connectivity index (χ3v) is 3.64. The average Bonchev–Trinajstić information content (AvgIpc) is 2.41. The van der Waals surface area contributed by atoms with Crippen molar-refractivity contribution in [2.45, 2.75) is 19.4 Å². The number of likely N-dealkylation sites (tertiary alicyclic amines) is 1. The van der Waals surface area contributed by atoms with Gasteiger partial charge in [0.1, 0.15) is 0 Å². The second kappa shape index (κ2) is 5.93. The molecule has 0 atom stereocenters. The summed E-state index contributed by atoms with van der Waals surface area (Å²) in [5, 5.41) is 9.55. The molecule has 1 heterocycles. The van der Waals surface area contributed by atoms with Crippen molar-refractivity contribution in [2.75, 3.05) is 20.2 Å². The molecule has 5 heteroatoms. The molecule has 1 aromatic carbocycles. The van der Waals surface area contributed by atoms with Crippen LogP contribution in [0.5, 0.6) is 11.5 Å². The number of nitrogens with two attached hydrogens (primary N) is 1. The Hall–Kier alpha value is -1.75. The van der Waals surface area contributed by atoms with E-state index in [9.17, 15) is 9.90 Å². The number of amides is 1. The van der Waals surface area contributed by atoms with Crippen molar-refractivity contribution < 1.29 is 14.6 Å². The van der Waals surface area contributed by atoms with Gasteiger partial charge in [-0.05, 0) is 43.6 Å². The number of rotatable bonds is 4. The highest BCUT2D eigenvalue weighted by Gasteiger charge is 2.23. The number of methoxy groups -OCH3 is 1. The number of benzene rings is 1. The summed E-state index contributed by atoms with van der Waals surface area (Å²) < 4.78 is 5.09. The summed E-state index contributed by atoms with van der Waals surface area (Å²) in [6.45, 7) is 2.54. The quantitative estimate of drug-likeness (QED) is 0.853. The second-order valence-electron chi connectivity index (χ2n) is 4.96. The Labute approximate surface area is 113 Å². The van der Waals surface area contributed by atoms with Crippen molar-refractivity contribution in [3.63, 3.8) is 0 Å². The molecule has 19 heavy (non-hydrogen) atoms. The molecule has 1 aromatic rings. The van der Waals surface area contributed by atoms with Crippen molar-refractivity contribution in [3.8, 4) is 11.5 Å². The standard InChI is InChI=1S/C14H20N2O3/c1-19-13-8-10(2-3-12(13)17)9-16-6-4-11(5-7-16)14(15)18/h2-3,8,11,17H,4-7,9H2,1H3,(H2,15,18). The van der Waals surface area contributed by atoms with Gasteiger partial charge in [0.25, 0.3) is 0 Å². The Kier molecular flexibility index (Phi) is 4.27. The summed E-state index contributed by atoms with van der Waals surface area (Å²) in [6, 6.07) is 5.37. The number of aromatic hydroxyl groups is 1. The van der Waals surface area contributed by atoms with Crippen LogP contribution in [-0.2, 0) is 11.3 Å². The zero-order chi connectivity index (χ0) is 13.8. The van der Waals surface area contributed by atoms with Crippen molar-refractivity contribution in [1.29, 1.82) is 0 Å². The van der Waals surface area contributed by atoms with Crippen LogP contribution in [0.4, 0.5) is 0 Å². The fourth-order valence-electron chi connectivity index (χ4n) is 2.45. The number of hydrogen-bond acceptors (Lipinski definition) is 4. The normalized spacial score (nSPS) is 17.3. The van der Waals surface area contributed by atoms with E-state index in [2.05, 4.69) is 4.90 Å². The van der Waals surface area contributed by atoms with Crippen molar-refractivity contribution in [2.24, 2.45) is 11.7 Å². The van der Waals surface area contributed by atoms with Gasteiger partial charge in [-0.25, -0.2) is 0 Å². The number of piperidine rings is 1. The molecule has 2 rings (SSSR count). The molecular weight excluding hydrogens is 244 g/mol. The van der Waals surface area contributed by atoms with Crippen LogP contribution in [-0.4, -0.2) is 36.1 Å². The average molecular weight is 264 g/mol. The molecule has 1 aliphatic heterocycles. The van der Waals surface area contributed by atoms with Gasteiger partial charge in [-0.1, -0.05) is 6.07 Å². The predicted molar refractivity (Wildman–Crippen MR) is 71.9 cm³/mol. The smallest absolute Gasteiger partial charge is 0.220 e. The van der Waals surface area contributed by atoms with E-state index in [0.717, 1.165) is 38.0 Å². The molecule has 1 fully saturated rings.